The zero-order valence-corrected chi connectivity index (χ0v) is 17.2. The van der Waals surface area contributed by atoms with E-state index in [9.17, 15) is 0 Å². The fourth-order valence-corrected chi connectivity index (χ4v) is 4.84. The second kappa shape index (κ2) is 7.62. The summed E-state index contributed by atoms with van der Waals surface area (Å²) in [6, 6.07) is 6.13. The molecule has 0 spiro atoms. The minimum Gasteiger partial charge on any atom is -0.256 e. The highest BCUT2D eigenvalue weighted by molar-refractivity contribution is 7.22. The summed E-state index contributed by atoms with van der Waals surface area (Å²) >= 11 is 8.86. The molecule has 0 aliphatic rings. The number of hydrogen-bond acceptors (Lipinski definition) is 7. The van der Waals surface area contributed by atoms with Crippen LogP contribution in [0.4, 0.5) is 0 Å². The Labute approximate surface area is 164 Å². The van der Waals surface area contributed by atoms with Gasteiger partial charge in [-0.05, 0) is 39.8 Å². The molecule has 0 radical (unpaired) electrons. The van der Waals surface area contributed by atoms with Crippen LogP contribution in [-0.2, 0) is 6.42 Å². The van der Waals surface area contributed by atoms with Crippen LogP contribution in [0.1, 0.15) is 27.8 Å². The summed E-state index contributed by atoms with van der Waals surface area (Å²) in [6.07, 6.45) is 0.387. The normalized spacial score (nSPS) is 10.6. The molecule has 0 N–H and O–H groups in total. The van der Waals surface area contributed by atoms with Crippen LogP contribution in [0.2, 0.25) is 4.47 Å². The molecule has 0 bridgehead atoms. The molecular formula is C18H16ClN5S2. The van der Waals surface area contributed by atoms with Crippen molar-refractivity contribution < 1.29 is 0 Å². The molecule has 0 aliphatic heterocycles. The SMILES string of the molecule is Cc1cc2sc(CC#N)nc2c(C)n1.Cc1cc2sc(Cl)nc2c(C)n1. The van der Waals surface area contributed by atoms with E-state index < -0.39 is 0 Å². The van der Waals surface area contributed by atoms with E-state index >= 15 is 0 Å². The summed E-state index contributed by atoms with van der Waals surface area (Å²) in [5.41, 5.74) is 5.78. The van der Waals surface area contributed by atoms with Crippen LogP contribution in [0.15, 0.2) is 12.1 Å². The summed E-state index contributed by atoms with van der Waals surface area (Å²) in [5, 5.41) is 9.44. The maximum atomic E-state index is 8.57. The van der Waals surface area contributed by atoms with Gasteiger partial charge < -0.3 is 0 Å². The molecule has 0 unspecified atom stereocenters. The van der Waals surface area contributed by atoms with E-state index in [1.165, 1.54) is 11.3 Å². The zero-order chi connectivity index (χ0) is 18.8. The highest BCUT2D eigenvalue weighted by Gasteiger charge is 2.07. The van der Waals surface area contributed by atoms with Gasteiger partial charge in [0.25, 0.3) is 0 Å². The van der Waals surface area contributed by atoms with Gasteiger partial charge in [0.2, 0.25) is 0 Å². The van der Waals surface area contributed by atoms with Gasteiger partial charge in [-0.3, -0.25) is 9.97 Å². The Morgan fingerprint density at radius 1 is 0.885 bits per heavy atom. The number of aryl methyl sites for hydroxylation is 4. The van der Waals surface area contributed by atoms with Crippen molar-refractivity contribution in [3.05, 3.63) is 44.4 Å². The molecule has 132 valence electrons. The van der Waals surface area contributed by atoms with Gasteiger partial charge in [0.1, 0.15) is 16.0 Å². The van der Waals surface area contributed by atoms with E-state index in [2.05, 4.69) is 26.0 Å². The van der Waals surface area contributed by atoms with Gasteiger partial charge in [-0.2, -0.15) is 5.26 Å². The van der Waals surface area contributed by atoms with Crippen molar-refractivity contribution >= 4 is 54.7 Å². The van der Waals surface area contributed by atoms with Gasteiger partial charge in [-0.15, -0.1) is 22.7 Å². The first-order valence-corrected chi connectivity index (χ1v) is 9.89. The zero-order valence-electron chi connectivity index (χ0n) is 14.8. The van der Waals surface area contributed by atoms with Crippen molar-refractivity contribution in [2.24, 2.45) is 0 Å². The van der Waals surface area contributed by atoms with Crippen LogP contribution in [-0.4, -0.2) is 19.9 Å². The molecule has 0 atom stereocenters. The van der Waals surface area contributed by atoms with Crippen molar-refractivity contribution in [1.29, 1.82) is 5.26 Å². The lowest BCUT2D eigenvalue weighted by molar-refractivity contribution is 1.13. The largest absolute Gasteiger partial charge is 0.256 e. The van der Waals surface area contributed by atoms with E-state index in [1.807, 2.05) is 39.8 Å². The molecule has 26 heavy (non-hydrogen) atoms. The Balaban J connectivity index is 0.000000152. The lowest BCUT2D eigenvalue weighted by Crippen LogP contribution is -1.86. The lowest BCUT2D eigenvalue weighted by Gasteiger charge is -1.95. The maximum absolute atomic E-state index is 8.57. The Bertz CT molecular complexity index is 1140. The lowest BCUT2D eigenvalue weighted by atomic mass is 10.3. The molecule has 8 heteroatoms. The molecule has 0 aromatic carbocycles. The number of thiazole rings is 2. The van der Waals surface area contributed by atoms with E-state index in [-0.39, 0.29) is 0 Å². The second-order valence-electron chi connectivity index (χ2n) is 5.80. The summed E-state index contributed by atoms with van der Waals surface area (Å²) in [6.45, 7) is 7.84. The third kappa shape index (κ3) is 3.98. The minimum absolute atomic E-state index is 0.387. The monoisotopic (exact) mass is 401 g/mol. The Hall–Kier alpha value is -2.14. The molecule has 4 aromatic rings. The van der Waals surface area contributed by atoms with E-state index in [0.29, 0.717) is 10.9 Å². The second-order valence-corrected chi connectivity index (χ2v) is 8.53. The fraction of sp³-hybridized carbons (Fsp3) is 0.278. The number of fused-ring (bicyclic) bond motifs is 2. The number of rotatable bonds is 1. The maximum Gasteiger partial charge on any atom is 0.184 e. The summed E-state index contributed by atoms with van der Waals surface area (Å²) in [7, 11) is 0. The minimum atomic E-state index is 0.387. The Morgan fingerprint density at radius 2 is 1.42 bits per heavy atom. The van der Waals surface area contributed by atoms with Crippen molar-refractivity contribution in [3.8, 4) is 6.07 Å². The molecule has 4 rings (SSSR count). The highest BCUT2D eigenvalue weighted by atomic mass is 35.5. The van der Waals surface area contributed by atoms with Crippen LogP contribution in [0.3, 0.4) is 0 Å². The number of aromatic nitrogens is 4. The first kappa shape index (κ1) is 18.6. The third-order valence-corrected chi connectivity index (χ3v) is 5.72. The van der Waals surface area contributed by atoms with Crippen LogP contribution in [0, 0.1) is 39.0 Å². The highest BCUT2D eigenvalue weighted by Crippen LogP contribution is 2.27. The van der Waals surface area contributed by atoms with Crippen molar-refractivity contribution in [1.82, 2.24) is 19.9 Å². The quantitative estimate of drug-likeness (QED) is 0.430. The third-order valence-electron chi connectivity index (χ3n) is 3.61. The Kier molecular flexibility index (Phi) is 5.47. The van der Waals surface area contributed by atoms with Gasteiger partial charge in [0, 0.05) is 11.4 Å². The van der Waals surface area contributed by atoms with Gasteiger partial charge in [-0.25, -0.2) is 9.97 Å². The van der Waals surface area contributed by atoms with E-state index in [1.54, 1.807) is 11.3 Å². The molecule has 4 heterocycles. The number of nitrogens with zero attached hydrogens (tertiary/aromatic N) is 5. The number of pyridine rings is 2. The summed E-state index contributed by atoms with van der Waals surface area (Å²) < 4.78 is 2.82. The molecule has 0 amide bonds. The van der Waals surface area contributed by atoms with Crippen LogP contribution in [0.25, 0.3) is 20.4 Å². The summed E-state index contributed by atoms with van der Waals surface area (Å²) in [4.78, 5) is 17.2. The number of halogens is 1. The van der Waals surface area contributed by atoms with Crippen molar-refractivity contribution in [2.75, 3.05) is 0 Å². The van der Waals surface area contributed by atoms with Crippen LogP contribution < -0.4 is 0 Å². The number of nitriles is 1. The molecule has 5 nitrogen and oxygen atoms in total. The average Bonchev–Trinajstić information content (AvgIpc) is 3.11. The standard InChI is InChI=1S/C10H9N3S.C8H7ClN2S/c1-6-5-8-10(7(2)12-6)13-9(14-8)3-4-11;1-4-3-6-7(5(2)10-4)11-8(9)12-6/h5H,3H2,1-2H3;3H,1-2H3. The van der Waals surface area contributed by atoms with Gasteiger partial charge in [-0.1, -0.05) is 11.6 Å². The average molecular weight is 402 g/mol. The first-order valence-electron chi connectivity index (χ1n) is 7.88. The van der Waals surface area contributed by atoms with E-state index in [4.69, 9.17) is 16.9 Å². The molecule has 0 saturated heterocycles. The summed E-state index contributed by atoms with van der Waals surface area (Å²) in [5.74, 6) is 0. The van der Waals surface area contributed by atoms with Gasteiger partial charge in [0.15, 0.2) is 4.47 Å². The first-order chi connectivity index (χ1) is 12.4. The smallest absolute Gasteiger partial charge is 0.184 e. The molecule has 4 aromatic heterocycles. The van der Waals surface area contributed by atoms with Crippen molar-refractivity contribution in [2.45, 2.75) is 34.1 Å². The molecule has 0 fully saturated rings. The topological polar surface area (TPSA) is 75.3 Å². The fourth-order valence-electron chi connectivity index (χ4n) is 2.62. The predicted molar refractivity (Wildman–Crippen MR) is 108 cm³/mol. The van der Waals surface area contributed by atoms with Crippen LogP contribution >= 0.6 is 34.3 Å². The number of hydrogen-bond donors (Lipinski definition) is 0. The molecule has 0 aliphatic carbocycles. The molecular weight excluding hydrogens is 386 g/mol. The van der Waals surface area contributed by atoms with Gasteiger partial charge >= 0.3 is 0 Å². The van der Waals surface area contributed by atoms with Crippen molar-refractivity contribution in [3.63, 3.8) is 0 Å². The van der Waals surface area contributed by atoms with Gasteiger partial charge in [0.05, 0.1) is 33.3 Å². The Morgan fingerprint density at radius 3 is 2.00 bits per heavy atom. The van der Waals surface area contributed by atoms with E-state index in [0.717, 1.165) is 48.2 Å². The predicted octanol–water partition coefficient (Wildman–Crippen LogP) is 5.34. The van der Waals surface area contributed by atoms with Crippen LogP contribution in [0.5, 0.6) is 0 Å². The molecule has 0 saturated carbocycles.